The van der Waals surface area contributed by atoms with Crippen LogP contribution in [0, 0.1) is 0 Å². The molecule has 174 valence electrons. The molecule has 0 bridgehead atoms. The second-order valence-electron chi connectivity index (χ2n) is 7.39. The highest BCUT2D eigenvalue weighted by atomic mass is 127. The normalized spacial score (nSPS) is 13.0. The molecular weight excluding hydrogens is 505 g/mol. The molecule has 0 aromatic heterocycles. The van der Waals surface area contributed by atoms with Gasteiger partial charge in [-0.1, -0.05) is 12.1 Å². The predicted molar refractivity (Wildman–Crippen MR) is 129 cm³/mol. The smallest absolute Gasteiger partial charge is 0.387 e. The van der Waals surface area contributed by atoms with Gasteiger partial charge in [0.1, 0.15) is 5.75 Å². The van der Waals surface area contributed by atoms with E-state index < -0.39 is 12.7 Å². The van der Waals surface area contributed by atoms with Crippen molar-refractivity contribution in [1.29, 1.82) is 0 Å². The molecule has 0 aliphatic rings. The summed E-state index contributed by atoms with van der Waals surface area (Å²) in [5, 5.41) is 16.8. The van der Waals surface area contributed by atoms with Crippen molar-refractivity contribution >= 4 is 29.9 Å². The Morgan fingerprint density at radius 2 is 1.70 bits per heavy atom. The topological polar surface area (TPSA) is 69.1 Å². The van der Waals surface area contributed by atoms with E-state index in [9.17, 15) is 13.9 Å². The van der Waals surface area contributed by atoms with E-state index in [4.69, 9.17) is 0 Å². The van der Waals surface area contributed by atoms with Crippen LogP contribution in [0.15, 0.2) is 29.3 Å². The van der Waals surface area contributed by atoms with Gasteiger partial charge >= 0.3 is 6.61 Å². The number of nitrogens with one attached hydrogen (secondary N) is 2. The summed E-state index contributed by atoms with van der Waals surface area (Å²) in [6.45, 7) is 10.6. The Bertz CT molecular complexity index is 593. The molecule has 1 rings (SSSR count). The molecule has 6 nitrogen and oxygen atoms in total. The standard InChI is InChI=1S/C21H36F2N4O2.HI/c1-6-24-21(25-12-7-13-27(15(2)3)16(4)5)26-14-19(28)17-8-10-18(11-9-17)29-20(22)23;/h8-11,15-16,19-20,28H,6-7,12-14H2,1-5H3,(H2,24,25,26);1H. The Morgan fingerprint density at radius 1 is 1.10 bits per heavy atom. The zero-order valence-corrected chi connectivity index (χ0v) is 20.9. The molecule has 9 heteroatoms. The summed E-state index contributed by atoms with van der Waals surface area (Å²) in [5.74, 6) is 0.705. The summed E-state index contributed by atoms with van der Waals surface area (Å²) in [6.07, 6.45) is 0.151. The van der Waals surface area contributed by atoms with E-state index in [0.29, 0.717) is 30.2 Å². The van der Waals surface area contributed by atoms with Crippen LogP contribution in [0.2, 0.25) is 0 Å². The monoisotopic (exact) mass is 542 g/mol. The molecule has 0 saturated carbocycles. The minimum atomic E-state index is -2.86. The second kappa shape index (κ2) is 15.6. The third-order valence-corrected chi connectivity index (χ3v) is 4.47. The first-order valence-corrected chi connectivity index (χ1v) is 10.2. The van der Waals surface area contributed by atoms with Crippen LogP contribution < -0.4 is 15.4 Å². The van der Waals surface area contributed by atoms with Gasteiger partial charge in [0.2, 0.25) is 0 Å². The van der Waals surface area contributed by atoms with Gasteiger partial charge in [0, 0.05) is 31.7 Å². The fourth-order valence-corrected chi connectivity index (χ4v) is 3.08. The number of alkyl halides is 2. The number of guanidine groups is 1. The van der Waals surface area contributed by atoms with Crippen LogP contribution in [-0.4, -0.2) is 60.8 Å². The first kappa shape index (κ1) is 28.8. The second-order valence-corrected chi connectivity index (χ2v) is 7.39. The number of aliphatic hydroxyl groups is 1. The molecule has 1 atom stereocenters. The summed E-state index contributed by atoms with van der Waals surface area (Å²) in [4.78, 5) is 6.87. The summed E-state index contributed by atoms with van der Waals surface area (Å²) in [6, 6.07) is 6.95. The maximum Gasteiger partial charge on any atom is 0.387 e. The van der Waals surface area contributed by atoms with Crippen molar-refractivity contribution in [2.75, 3.05) is 26.2 Å². The highest BCUT2D eigenvalue weighted by Gasteiger charge is 2.13. The molecule has 0 radical (unpaired) electrons. The lowest BCUT2D eigenvalue weighted by Crippen LogP contribution is -2.41. The SMILES string of the molecule is CCNC(=NCC(O)c1ccc(OC(F)F)cc1)NCCCN(C(C)C)C(C)C.I. The van der Waals surface area contributed by atoms with Crippen molar-refractivity contribution in [3.63, 3.8) is 0 Å². The van der Waals surface area contributed by atoms with E-state index >= 15 is 0 Å². The third-order valence-electron chi connectivity index (χ3n) is 4.47. The van der Waals surface area contributed by atoms with E-state index in [1.807, 2.05) is 6.92 Å². The highest BCUT2D eigenvalue weighted by Crippen LogP contribution is 2.19. The summed E-state index contributed by atoms with van der Waals surface area (Å²) >= 11 is 0. The van der Waals surface area contributed by atoms with Crippen molar-refractivity contribution in [1.82, 2.24) is 15.5 Å². The minimum absolute atomic E-state index is 0. The lowest BCUT2D eigenvalue weighted by molar-refractivity contribution is -0.0498. The van der Waals surface area contributed by atoms with Crippen molar-refractivity contribution < 1.29 is 18.6 Å². The zero-order valence-electron chi connectivity index (χ0n) is 18.6. The molecule has 0 amide bonds. The largest absolute Gasteiger partial charge is 0.435 e. The van der Waals surface area contributed by atoms with E-state index in [1.54, 1.807) is 12.1 Å². The van der Waals surface area contributed by atoms with E-state index in [0.717, 1.165) is 19.5 Å². The minimum Gasteiger partial charge on any atom is -0.435 e. The fourth-order valence-electron chi connectivity index (χ4n) is 3.08. The number of hydrogen-bond donors (Lipinski definition) is 3. The fraction of sp³-hybridized carbons (Fsp3) is 0.667. The van der Waals surface area contributed by atoms with Gasteiger partial charge in [0.15, 0.2) is 5.96 Å². The Kier molecular flexibility index (Phi) is 15.0. The maximum absolute atomic E-state index is 12.2. The molecular formula is C21H37F2IN4O2. The quantitative estimate of drug-likeness (QED) is 0.161. The Hall–Kier alpha value is -1.20. The average molecular weight is 542 g/mol. The first-order valence-electron chi connectivity index (χ1n) is 10.2. The summed E-state index contributed by atoms with van der Waals surface area (Å²) in [7, 11) is 0. The van der Waals surface area contributed by atoms with Gasteiger partial charge < -0.3 is 20.5 Å². The number of halogens is 3. The van der Waals surface area contributed by atoms with Gasteiger partial charge in [-0.2, -0.15) is 8.78 Å². The van der Waals surface area contributed by atoms with Crippen LogP contribution in [0.4, 0.5) is 8.78 Å². The molecule has 0 aliphatic carbocycles. The molecule has 0 saturated heterocycles. The number of rotatable bonds is 12. The van der Waals surface area contributed by atoms with Crippen molar-refractivity contribution in [3.05, 3.63) is 29.8 Å². The Morgan fingerprint density at radius 3 is 2.20 bits per heavy atom. The third kappa shape index (κ3) is 11.3. The Balaban J connectivity index is 0.00000841. The van der Waals surface area contributed by atoms with Crippen molar-refractivity contribution in [3.8, 4) is 5.75 Å². The van der Waals surface area contributed by atoms with Gasteiger partial charge in [-0.3, -0.25) is 9.89 Å². The number of benzene rings is 1. The molecule has 0 spiro atoms. The number of nitrogens with zero attached hydrogens (tertiary/aromatic N) is 2. The van der Waals surface area contributed by atoms with Gasteiger partial charge in [0.05, 0.1) is 12.6 Å². The lowest BCUT2D eigenvalue weighted by atomic mass is 10.1. The molecule has 0 heterocycles. The summed E-state index contributed by atoms with van der Waals surface area (Å²) in [5.41, 5.74) is 0.593. The Labute approximate surface area is 196 Å². The van der Waals surface area contributed by atoms with Crippen LogP contribution in [-0.2, 0) is 0 Å². The van der Waals surface area contributed by atoms with Gasteiger partial charge in [-0.05, 0) is 58.7 Å². The first-order chi connectivity index (χ1) is 13.7. The highest BCUT2D eigenvalue weighted by molar-refractivity contribution is 14.0. The molecule has 1 unspecified atom stereocenters. The van der Waals surface area contributed by atoms with Crippen LogP contribution in [0.25, 0.3) is 0 Å². The maximum atomic E-state index is 12.2. The molecule has 1 aromatic rings. The van der Waals surface area contributed by atoms with E-state index in [1.165, 1.54) is 12.1 Å². The zero-order chi connectivity index (χ0) is 21.8. The van der Waals surface area contributed by atoms with Crippen LogP contribution in [0.1, 0.15) is 52.7 Å². The predicted octanol–water partition coefficient (Wildman–Crippen LogP) is 4.00. The summed E-state index contributed by atoms with van der Waals surface area (Å²) < 4.78 is 28.7. The number of ether oxygens (including phenoxy) is 1. The average Bonchev–Trinajstić information content (AvgIpc) is 2.65. The molecule has 3 N–H and O–H groups in total. The van der Waals surface area contributed by atoms with Crippen LogP contribution >= 0.6 is 24.0 Å². The number of hydrogen-bond acceptors (Lipinski definition) is 4. The van der Waals surface area contributed by atoms with Gasteiger partial charge in [-0.15, -0.1) is 24.0 Å². The van der Waals surface area contributed by atoms with Gasteiger partial charge in [-0.25, -0.2) is 0 Å². The lowest BCUT2D eigenvalue weighted by Gasteiger charge is -2.30. The molecule has 0 aliphatic heterocycles. The van der Waals surface area contributed by atoms with Crippen molar-refractivity contribution in [2.45, 2.75) is 65.8 Å². The van der Waals surface area contributed by atoms with Gasteiger partial charge in [0.25, 0.3) is 0 Å². The number of aliphatic imine (C=N–C) groups is 1. The molecule has 1 aromatic carbocycles. The molecule has 0 fully saturated rings. The van der Waals surface area contributed by atoms with E-state index in [-0.39, 0.29) is 36.3 Å². The van der Waals surface area contributed by atoms with Crippen LogP contribution in [0.3, 0.4) is 0 Å². The molecule has 30 heavy (non-hydrogen) atoms. The van der Waals surface area contributed by atoms with Crippen molar-refractivity contribution in [2.24, 2.45) is 4.99 Å². The van der Waals surface area contributed by atoms with E-state index in [2.05, 4.69) is 53.0 Å². The van der Waals surface area contributed by atoms with Crippen LogP contribution in [0.5, 0.6) is 5.75 Å². The number of aliphatic hydroxyl groups excluding tert-OH is 1.